The fourth-order valence-corrected chi connectivity index (χ4v) is 2.83. The Hall–Kier alpha value is -2.74. The lowest BCUT2D eigenvalue weighted by Gasteiger charge is -2.14. The van der Waals surface area contributed by atoms with E-state index in [1.807, 2.05) is 26.0 Å². The number of rotatable bonds is 5. The molecule has 0 aliphatic carbocycles. The van der Waals surface area contributed by atoms with Crippen LogP contribution >= 0.6 is 0 Å². The Morgan fingerprint density at radius 1 is 1.36 bits per heavy atom. The van der Waals surface area contributed by atoms with Crippen LogP contribution in [0.25, 0.3) is 5.78 Å². The highest BCUT2D eigenvalue weighted by Crippen LogP contribution is 2.20. The summed E-state index contributed by atoms with van der Waals surface area (Å²) in [5.41, 5.74) is 3.06. The van der Waals surface area contributed by atoms with Crippen molar-refractivity contribution in [2.45, 2.75) is 32.9 Å². The summed E-state index contributed by atoms with van der Waals surface area (Å²) in [6.45, 7) is 5.99. The van der Waals surface area contributed by atoms with Crippen LogP contribution in [-0.4, -0.2) is 43.9 Å². The highest BCUT2D eigenvalue weighted by molar-refractivity contribution is 5.52. The summed E-state index contributed by atoms with van der Waals surface area (Å²) < 4.78 is 12.9. The van der Waals surface area contributed by atoms with E-state index in [2.05, 4.69) is 25.4 Å². The average Bonchev–Trinajstić information content (AvgIpc) is 3.27. The van der Waals surface area contributed by atoms with Crippen molar-refractivity contribution in [2.24, 2.45) is 0 Å². The van der Waals surface area contributed by atoms with Crippen LogP contribution < -0.4 is 10.1 Å². The first-order valence-corrected chi connectivity index (χ1v) is 8.31. The number of hydrogen-bond donors (Lipinski definition) is 1. The largest absolute Gasteiger partial charge is 0.472 e. The zero-order valence-corrected chi connectivity index (χ0v) is 14.3. The molecule has 0 saturated carbocycles. The summed E-state index contributed by atoms with van der Waals surface area (Å²) in [6.07, 6.45) is 4.27. The molecule has 8 heteroatoms. The first-order valence-electron chi connectivity index (χ1n) is 8.31. The van der Waals surface area contributed by atoms with Gasteiger partial charge in [-0.25, -0.2) is 9.97 Å². The molecule has 1 aliphatic rings. The van der Waals surface area contributed by atoms with E-state index in [9.17, 15) is 0 Å². The summed E-state index contributed by atoms with van der Waals surface area (Å²) in [5, 5.41) is 7.68. The number of aromatic nitrogens is 5. The number of nitrogens with zero attached hydrogens (tertiary/aromatic N) is 5. The highest BCUT2D eigenvalue weighted by Gasteiger charge is 2.18. The molecule has 1 N–H and O–H groups in total. The van der Waals surface area contributed by atoms with Crippen LogP contribution in [0.3, 0.4) is 0 Å². The Kier molecular flexibility index (Phi) is 4.19. The van der Waals surface area contributed by atoms with Gasteiger partial charge in [0.2, 0.25) is 5.88 Å². The number of nitrogens with one attached hydrogen (secondary N) is 1. The standard InChI is InChI=1S/C17H20N6O2/c1-11-12(2)22-17-20-10-21-23(17)16(11)19-8-13-3-5-18-15(7-13)25-14-4-6-24-9-14/h3,5,7,10,14,19H,4,6,8-9H2,1-2H3. The first-order chi connectivity index (χ1) is 12.2. The molecule has 4 rings (SSSR count). The summed E-state index contributed by atoms with van der Waals surface area (Å²) in [7, 11) is 0. The summed E-state index contributed by atoms with van der Waals surface area (Å²) in [6, 6.07) is 3.92. The Labute approximate surface area is 145 Å². The van der Waals surface area contributed by atoms with Crippen molar-refractivity contribution in [3.8, 4) is 5.88 Å². The SMILES string of the molecule is Cc1nc2ncnn2c(NCc2ccnc(OC3CCOC3)c2)c1C. The van der Waals surface area contributed by atoms with Gasteiger partial charge in [0.15, 0.2) is 0 Å². The minimum absolute atomic E-state index is 0.0931. The molecule has 0 bridgehead atoms. The monoisotopic (exact) mass is 340 g/mol. The van der Waals surface area contributed by atoms with Crippen molar-refractivity contribution >= 4 is 11.6 Å². The lowest BCUT2D eigenvalue weighted by Crippen LogP contribution is -2.16. The first kappa shape index (κ1) is 15.8. The van der Waals surface area contributed by atoms with Gasteiger partial charge in [0.05, 0.1) is 13.2 Å². The normalized spacial score (nSPS) is 17.1. The molecule has 3 aromatic rings. The van der Waals surface area contributed by atoms with E-state index in [0.717, 1.165) is 35.7 Å². The Morgan fingerprint density at radius 3 is 3.12 bits per heavy atom. The van der Waals surface area contributed by atoms with Crippen molar-refractivity contribution in [3.05, 3.63) is 41.5 Å². The van der Waals surface area contributed by atoms with Crippen LogP contribution in [0.4, 0.5) is 5.82 Å². The van der Waals surface area contributed by atoms with Gasteiger partial charge in [-0.15, -0.1) is 0 Å². The number of aryl methyl sites for hydroxylation is 1. The second-order valence-electron chi connectivity index (χ2n) is 6.10. The molecular formula is C17H20N6O2. The molecule has 8 nitrogen and oxygen atoms in total. The topological polar surface area (TPSA) is 86.5 Å². The lowest BCUT2D eigenvalue weighted by atomic mass is 10.2. The fraction of sp³-hybridized carbons (Fsp3) is 0.412. The molecule has 3 aromatic heterocycles. The van der Waals surface area contributed by atoms with Gasteiger partial charge >= 0.3 is 0 Å². The number of pyridine rings is 1. The van der Waals surface area contributed by atoms with Gasteiger partial charge < -0.3 is 14.8 Å². The molecule has 1 atom stereocenters. The van der Waals surface area contributed by atoms with E-state index in [-0.39, 0.29) is 6.10 Å². The molecule has 0 amide bonds. The van der Waals surface area contributed by atoms with Crippen LogP contribution in [0.1, 0.15) is 23.2 Å². The van der Waals surface area contributed by atoms with Crippen LogP contribution in [0, 0.1) is 13.8 Å². The van der Waals surface area contributed by atoms with Crippen LogP contribution in [0.5, 0.6) is 5.88 Å². The molecule has 1 aliphatic heterocycles. The van der Waals surface area contributed by atoms with Crippen molar-refractivity contribution in [1.82, 2.24) is 24.6 Å². The predicted octanol–water partition coefficient (Wildman–Crippen LogP) is 1.92. The smallest absolute Gasteiger partial charge is 0.254 e. The molecule has 25 heavy (non-hydrogen) atoms. The minimum atomic E-state index is 0.0931. The van der Waals surface area contributed by atoms with Gasteiger partial charge in [-0.2, -0.15) is 14.6 Å². The van der Waals surface area contributed by atoms with Crippen molar-refractivity contribution in [3.63, 3.8) is 0 Å². The number of ether oxygens (including phenoxy) is 2. The van der Waals surface area contributed by atoms with Gasteiger partial charge in [-0.05, 0) is 25.5 Å². The summed E-state index contributed by atoms with van der Waals surface area (Å²) >= 11 is 0. The molecule has 0 spiro atoms. The fourth-order valence-electron chi connectivity index (χ4n) is 2.83. The van der Waals surface area contributed by atoms with Crippen LogP contribution in [-0.2, 0) is 11.3 Å². The lowest BCUT2D eigenvalue weighted by molar-refractivity contribution is 0.138. The van der Waals surface area contributed by atoms with E-state index in [4.69, 9.17) is 9.47 Å². The maximum atomic E-state index is 5.87. The zero-order valence-electron chi connectivity index (χ0n) is 14.3. The molecular weight excluding hydrogens is 320 g/mol. The Balaban J connectivity index is 1.52. The maximum Gasteiger partial charge on any atom is 0.254 e. The number of anilines is 1. The van der Waals surface area contributed by atoms with Crippen molar-refractivity contribution < 1.29 is 9.47 Å². The van der Waals surface area contributed by atoms with Crippen molar-refractivity contribution in [2.75, 3.05) is 18.5 Å². The van der Waals surface area contributed by atoms with Crippen molar-refractivity contribution in [1.29, 1.82) is 0 Å². The Morgan fingerprint density at radius 2 is 2.28 bits per heavy atom. The van der Waals surface area contributed by atoms with Gasteiger partial charge in [-0.3, -0.25) is 0 Å². The quantitative estimate of drug-likeness (QED) is 0.759. The van der Waals surface area contributed by atoms with Gasteiger partial charge in [0, 0.05) is 36.5 Å². The molecule has 0 radical (unpaired) electrons. The maximum absolute atomic E-state index is 5.87. The third kappa shape index (κ3) is 3.25. The third-order valence-electron chi connectivity index (χ3n) is 4.34. The Bertz CT molecular complexity index is 888. The van der Waals surface area contributed by atoms with E-state index in [1.54, 1.807) is 10.7 Å². The van der Waals surface area contributed by atoms with Gasteiger partial charge in [-0.1, -0.05) is 0 Å². The minimum Gasteiger partial charge on any atom is -0.472 e. The summed E-state index contributed by atoms with van der Waals surface area (Å²) in [4.78, 5) is 12.9. The van der Waals surface area contributed by atoms with E-state index >= 15 is 0 Å². The second-order valence-corrected chi connectivity index (χ2v) is 6.10. The number of fused-ring (bicyclic) bond motifs is 1. The van der Waals surface area contributed by atoms with E-state index in [1.165, 1.54) is 6.33 Å². The third-order valence-corrected chi connectivity index (χ3v) is 4.34. The predicted molar refractivity (Wildman–Crippen MR) is 91.7 cm³/mol. The molecule has 1 fully saturated rings. The number of hydrogen-bond acceptors (Lipinski definition) is 7. The highest BCUT2D eigenvalue weighted by atomic mass is 16.5. The molecule has 1 saturated heterocycles. The van der Waals surface area contributed by atoms with Crippen LogP contribution in [0.2, 0.25) is 0 Å². The van der Waals surface area contributed by atoms with Gasteiger partial charge in [0.25, 0.3) is 5.78 Å². The van der Waals surface area contributed by atoms with Gasteiger partial charge in [0.1, 0.15) is 18.2 Å². The van der Waals surface area contributed by atoms with Crippen LogP contribution in [0.15, 0.2) is 24.7 Å². The zero-order chi connectivity index (χ0) is 17.2. The van der Waals surface area contributed by atoms with E-state index in [0.29, 0.717) is 24.8 Å². The average molecular weight is 340 g/mol. The molecule has 1 unspecified atom stereocenters. The second kappa shape index (κ2) is 6.64. The molecule has 4 heterocycles. The summed E-state index contributed by atoms with van der Waals surface area (Å²) in [5.74, 6) is 2.11. The molecule has 130 valence electrons. The molecule has 0 aromatic carbocycles. The van der Waals surface area contributed by atoms with E-state index < -0.39 is 0 Å².